The van der Waals surface area contributed by atoms with Crippen LogP contribution in [0.3, 0.4) is 0 Å². The average molecular weight is 497 g/mol. The van der Waals surface area contributed by atoms with Gasteiger partial charge >= 0.3 is 0 Å². The molecule has 0 amide bonds. The molecule has 36 heavy (non-hydrogen) atoms. The summed E-state index contributed by atoms with van der Waals surface area (Å²) in [4.78, 5) is 12.8. The molecular formula is C31H44O5. The summed E-state index contributed by atoms with van der Waals surface area (Å²) >= 11 is 0. The lowest BCUT2D eigenvalue weighted by atomic mass is 10.1. The molecule has 0 heterocycles. The van der Waals surface area contributed by atoms with Crippen molar-refractivity contribution < 1.29 is 24.1 Å². The maximum absolute atomic E-state index is 12.8. The number of ketones is 1. The number of benzene rings is 2. The first-order valence-corrected chi connectivity index (χ1v) is 13.5. The predicted octanol–water partition coefficient (Wildman–Crippen LogP) is 8.35. The van der Waals surface area contributed by atoms with E-state index in [1.165, 1.54) is 76.4 Å². The van der Waals surface area contributed by atoms with E-state index in [-0.39, 0.29) is 23.9 Å². The molecule has 0 fully saturated rings. The Balaban J connectivity index is 1.71. The van der Waals surface area contributed by atoms with Crippen LogP contribution in [0.1, 0.15) is 99.9 Å². The van der Waals surface area contributed by atoms with Gasteiger partial charge in [-0.3, -0.25) is 4.79 Å². The van der Waals surface area contributed by atoms with Crippen LogP contribution in [-0.4, -0.2) is 31.4 Å². The van der Waals surface area contributed by atoms with Gasteiger partial charge in [0.15, 0.2) is 12.6 Å². The minimum absolute atomic E-state index is 0.0693. The average Bonchev–Trinajstić information content (AvgIpc) is 2.89. The Hall–Kier alpha value is -2.79. The quantitative estimate of drug-likeness (QED) is 0.0863. The first-order valence-electron chi connectivity index (χ1n) is 13.5. The van der Waals surface area contributed by atoms with Crippen molar-refractivity contribution in [3.8, 4) is 17.2 Å². The number of hydrogen-bond donors (Lipinski definition) is 1. The summed E-state index contributed by atoms with van der Waals surface area (Å²) in [5, 5.41) is 10.3. The molecule has 0 aromatic heterocycles. The molecule has 5 heteroatoms. The minimum Gasteiger partial charge on any atom is -0.507 e. The summed E-state index contributed by atoms with van der Waals surface area (Å²) in [6.07, 6.45) is 18.6. The van der Waals surface area contributed by atoms with Crippen molar-refractivity contribution in [3.63, 3.8) is 0 Å². The highest BCUT2D eigenvalue weighted by Crippen LogP contribution is 2.29. The van der Waals surface area contributed by atoms with Crippen LogP contribution in [0.5, 0.6) is 17.2 Å². The lowest BCUT2D eigenvalue weighted by Crippen LogP contribution is -2.04. The number of carbonyl (C=O) groups is 1. The van der Waals surface area contributed by atoms with E-state index >= 15 is 0 Å². The van der Waals surface area contributed by atoms with Crippen molar-refractivity contribution in [3.05, 3.63) is 59.7 Å². The lowest BCUT2D eigenvalue weighted by Gasteiger charge is -2.11. The summed E-state index contributed by atoms with van der Waals surface area (Å²) in [5.74, 6) is 0.753. The molecule has 0 atom stereocenters. The summed E-state index contributed by atoms with van der Waals surface area (Å²) in [6, 6.07) is 12.3. The van der Waals surface area contributed by atoms with E-state index in [0.29, 0.717) is 18.1 Å². The molecule has 2 aromatic carbocycles. The van der Waals surface area contributed by atoms with Gasteiger partial charge in [0.2, 0.25) is 0 Å². The third kappa shape index (κ3) is 11.8. The number of carbonyl (C=O) groups excluding carboxylic acids is 1. The fourth-order valence-corrected chi connectivity index (χ4v) is 4.07. The van der Waals surface area contributed by atoms with E-state index in [1.54, 1.807) is 25.3 Å². The predicted molar refractivity (Wildman–Crippen MR) is 147 cm³/mol. The highest BCUT2D eigenvalue weighted by atomic mass is 16.7. The molecular weight excluding hydrogens is 452 g/mol. The van der Waals surface area contributed by atoms with Gasteiger partial charge in [-0.15, -0.1) is 0 Å². The van der Waals surface area contributed by atoms with Crippen LogP contribution in [0, 0.1) is 0 Å². The van der Waals surface area contributed by atoms with Crippen molar-refractivity contribution >= 4 is 11.9 Å². The Morgan fingerprint density at radius 1 is 0.806 bits per heavy atom. The zero-order chi connectivity index (χ0) is 25.8. The molecule has 0 spiro atoms. The molecule has 0 aliphatic carbocycles. The molecule has 1 N–H and O–H groups in total. The fourth-order valence-electron chi connectivity index (χ4n) is 4.07. The topological polar surface area (TPSA) is 65.0 Å². The number of rotatable bonds is 20. The summed E-state index contributed by atoms with van der Waals surface area (Å²) in [6.45, 7) is 2.98. The Labute approximate surface area is 217 Å². The van der Waals surface area contributed by atoms with E-state index in [4.69, 9.17) is 14.2 Å². The maximum atomic E-state index is 12.8. The first kappa shape index (κ1) is 29.4. The van der Waals surface area contributed by atoms with E-state index in [1.807, 2.05) is 24.3 Å². The standard InChI is InChI=1S/C31H44O5/c1-3-4-5-6-7-8-9-10-11-12-13-14-24-35-30-17-15-16-28(32)31(30)29(33)23-20-26-18-21-27(22-19-26)36-25-34-2/h15-23,32H,3-14,24-25H2,1-2H3/b23-20+. The summed E-state index contributed by atoms with van der Waals surface area (Å²) in [5.41, 5.74) is 1.05. The number of phenolic OH excluding ortho intramolecular Hbond substituents is 1. The molecule has 0 bridgehead atoms. The highest BCUT2D eigenvalue weighted by molar-refractivity contribution is 6.10. The van der Waals surface area contributed by atoms with Gasteiger partial charge in [0.05, 0.1) is 6.61 Å². The Kier molecular flexibility index (Phi) is 15.1. The van der Waals surface area contributed by atoms with Crippen LogP contribution in [0.25, 0.3) is 6.08 Å². The molecule has 0 saturated carbocycles. The summed E-state index contributed by atoms with van der Waals surface area (Å²) < 4.78 is 16.2. The molecule has 2 aromatic rings. The van der Waals surface area contributed by atoms with Gasteiger partial charge in [-0.25, -0.2) is 0 Å². The van der Waals surface area contributed by atoms with Crippen LogP contribution in [0.2, 0.25) is 0 Å². The second-order valence-corrected chi connectivity index (χ2v) is 9.21. The van der Waals surface area contributed by atoms with Gasteiger partial charge in [-0.1, -0.05) is 102 Å². The van der Waals surface area contributed by atoms with Crippen molar-refractivity contribution in [2.24, 2.45) is 0 Å². The number of unbranched alkanes of at least 4 members (excludes halogenated alkanes) is 11. The van der Waals surface area contributed by atoms with E-state index in [9.17, 15) is 9.90 Å². The molecule has 5 nitrogen and oxygen atoms in total. The second kappa shape index (κ2) is 18.5. The van der Waals surface area contributed by atoms with Gasteiger partial charge in [0, 0.05) is 7.11 Å². The molecule has 0 unspecified atom stereocenters. The van der Waals surface area contributed by atoms with Crippen LogP contribution >= 0.6 is 0 Å². The van der Waals surface area contributed by atoms with Gasteiger partial charge in [-0.05, 0) is 42.3 Å². The lowest BCUT2D eigenvalue weighted by molar-refractivity contribution is 0.0511. The SMILES string of the molecule is CCCCCCCCCCCCCCOc1cccc(O)c1C(=O)/C=C/c1ccc(OCOC)cc1. The number of phenols is 1. The van der Waals surface area contributed by atoms with Crippen molar-refractivity contribution in [2.75, 3.05) is 20.5 Å². The monoisotopic (exact) mass is 496 g/mol. The van der Waals surface area contributed by atoms with Crippen molar-refractivity contribution in [2.45, 2.75) is 84.0 Å². The second-order valence-electron chi connectivity index (χ2n) is 9.21. The molecule has 0 aliphatic rings. The smallest absolute Gasteiger partial charge is 0.193 e. The zero-order valence-electron chi connectivity index (χ0n) is 22.2. The highest BCUT2D eigenvalue weighted by Gasteiger charge is 2.15. The van der Waals surface area contributed by atoms with Crippen LogP contribution in [0.15, 0.2) is 48.5 Å². The number of allylic oxidation sites excluding steroid dienone is 1. The maximum Gasteiger partial charge on any atom is 0.193 e. The van der Waals surface area contributed by atoms with Crippen molar-refractivity contribution in [1.82, 2.24) is 0 Å². The van der Waals surface area contributed by atoms with Gasteiger partial charge in [-0.2, -0.15) is 0 Å². The van der Waals surface area contributed by atoms with Crippen LogP contribution in [0.4, 0.5) is 0 Å². The Morgan fingerprint density at radius 2 is 1.42 bits per heavy atom. The molecule has 2 rings (SSSR count). The van der Waals surface area contributed by atoms with Gasteiger partial charge < -0.3 is 19.3 Å². The van der Waals surface area contributed by atoms with Crippen molar-refractivity contribution in [1.29, 1.82) is 0 Å². The zero-order valence-corrected chi connectivity index (χ0v) is 22.2. The fraction of sp³-hybridized carbons (Fsp3) is 0.516. The number of methoxy groups -OCH3 is 1. The van der Waals surface area contributed by atoms with E-state index in [0.717, 1.165) is 18.4 Å². The van der Waals surface area contributed by atoms with E-state index < -0.39 is 0 Å². The minimum atomic E-state index is -0.294. The molecule has 0 saturated heterocycles. The van der Waals surface area contributed by atoms with Gasteiger partial charge in [0.25, 0.3) is 0 Å². The summed E-state index contributed by atoms with van der Waals surface area (Å²) in [7, 11) is 1.57. The first-order chi connectivity index (χ1) is 17.7. The number of ether oxygens (including phenoxy) is 3. The van der Waals surface area contributed by atoms with Crippen LogP contribution < -0.4 is 9.47 Å². The number of hydrogen-bond acceptors (Lipinski definition) is 5. The van der Waals surface area contributed by atoms with E-state index in [2.05, 4.69) is 6.92 Å². The third-order valence-corrected chi connectivity index (χ3v) is 6.16. The van der Waals surface area contributed by atoms with Crippen LogP contribution in [-0.2, 0) is 4.74 Å². The molecule has 0 radical (unpaired) electrons. The Bertz CT molecular complexity index is 888. The Morgan fingerprint density at radius 3 is 2.03 bits per heavy atom. The normalized spacial score (nSPS) is 11.2. The van der Waals surface area contributed by atoms with Gasteiger partial charge in [0.1, 0.15) is 22.8 Å². The number of aromatic hydroxyl groups is 1. The molecule has 0 aliphatic heterocycles. The molecule has 198 valence electrons. The largest absolute Gasteiger partial charge is 0.507 e. The third-order valence-electron chi connectivity index (χ3n) is 6.16.